The average molecular weight is 356 g/mol. The molecule has 0 aliphatic rings. The van der Waals surface area contributed by atoms with Crippen LogP contribution in [0.2, 0.25) is 0 Å². The van der Waals surface area contributed by atoms with Crippen molar-refractivity contribution in [2.45, 2.75) is 45.8 Å². The van der Waals surface area contributed by atoms with E-state index in [0.717, 1.165) is 16.3 Å². The van der Waals surface area contributed by atoms with Gasteiger partial charge in [-0.3, -0.25) is 14.9 Å². The second kappa shape index (κ2) is 7.99. The minimum absolute atomic E-state index is 0.0522. The molecule has 0 aromatic heterocycles. The van der Waals surface area contributed by atoms with Crippen LogP contribution in [-0.4, -0.2) is 29.6 Å². The zero-order valence-corrected chi connectivity index (χ0v) is 15.5. The van der Waals surface area contributed by atoms with Gasteiger partial charge < -0.3 is 10.1 Å². The summed E-state index contributed by atoms with van der Waals surface area (Å²) in [7, 11) is 0. The number of carbonyl (C=O) groups is 3. The molecule has 0 spiro atoms. The molecule has 6 nitrogen and oxygen atoms in total. The van der Waals surface area contributed by atoms with Crippen molar-refractivity contribution in [3.05, 3.63) is 48.0 Å². The van der Waals surface area contributed by atoms with Crippen LogP contribution in [0.5, 0.6) is 0 Å². The largest absolute Gasteiger partial charge is 0.452 e. The van der Waals surface area contributed by atoms with E-state index in [0.29, 0.717) is 0 Å². The van der Waals surface area contributed by atoms with Gasteiger partial charge in [-0.05, 0) is 44.0 Å². The average Bonchev–Trinajstić information content (AvgIpc) is 2.52. The topological polar surface area (TPSA) is 84.5 Å². The van der Waals surface area contributed by atoms with Crippen LogP contribution in [0.15, 0.2) is 42.5 Å². The number of carbonyl (C=O) groups excluding carboxylic acids is 3. The fourth-order valence-electron chi connectivity index (χ4n) is 2.39. The minimum atomic E-state index is -1.06. The van der Waals surface area contributed by atoms with Crippen molar-refractivity contribution in [1.29, 1.82) is 0 Å². The Kier molecular flexibility index (Phi) is 5.97. The Balaban J connectivity index is 1.89. The van der Waals surface area contributed by atoms with Crippen molar-refractivity contribution in [3.8, 4) is 0 Å². The second-order valence-electron chi connectivity index (χ2n) is 7.18. The van der Waals surface area contributed by atoms with Gasteiger partial charge in [-0.25, -0.2) is 4.79 Å². The number of esters is 1. The first kappa shape index (κ1) is 19.4. The highest BCUT2D eigenvalue weighted by Crippen LogP contribution is 2.16. The third-order valence-electron chi connectivity index (χ3n) is 3.57. The highest BCUT2D eigenvalue weighted by Gasteiger charge is 2.22. The molecule has 1 atom stereocenters. The summed E-state index contributed by atoms with van der Waals surface area (Å²) in [6.07, 6.45) is -1.01. The zero-order chi connectivity index (χ0) is 19.3. The van der Waals surface area contributed by atoms with E-state index >= 15 is 0 Å². The Labute approximate surface area is 152 Å². The number of hydrogen-bond donors (Lipinski definition) is 2. The lowest BCUT2D eigenvalue weighted by Gasteiger charge is -2.21. The molecule has 2 aromatic rings. The summed E-state index contributed by atoms with van der Waals surface area (Å²) in [6, 6.07) is 12.9. The quantitative estimate of drug-likeness (QED) is 0.825. The molecule has 0 aliphatic carbocycles. The van der Waals surface area contributed by atoms with Gasteiger partial charge in [-0.15, -0.1) is 0 Å². The molecule has 0 saturated heterocycles. The fourth-order valence-corrected chi connectivity index (χ4v) is 2.39. The van der Waals surface area contributed by atoms with Gasteiger partial charge in [0.1, 0.15) is 0 Å². The van der Waals surface area contributed by atoms with Gasteiger partial charge in [0, 0.05) is 5.54 Å². The first-order valence-electron chi connectivity index (χ1n) is 8.44. The van der Waals surface area contributed by atoms with E-state index in [-0.39, 0.29) is 6.42 Å². The van der Waals surface area contributed by atoms with Crippen LogP contribution in [0.4, 0.5) is 4.79 Å². The SMILES string of the molecule is C[C@@H](OC(=O)Cc1ccc2ccccc2c1)C(=O)NC(=O)NC(C)(C)C. The maximum absolute atomic E-state index is 12.1. The Hall–Kier alpha value is -2.89. The number of imide groups is 1. The summed E-state index contributed by atoms with van der Waals surface area (Å²) in [5, 5.41) is 6.88. The van der Waals surface area contributed by atoms with E-state index in [4.69, 9.17) is 4.74 Å². The number of ether oxygens (including phenoxy) is 1. The van der Waals surface area contributed by atoms with Gasteiger partial charge in [0.15, 0.2) is 6.10 Å². The number of benzene rings is 2. The molecule has 138 valence electrons. The molecule has 0 aliphatic heterocycles. The lowest BCUT2D eigenvalue weighted by Crippen LogP contribution is -2.50. The predicted octanol–water partition coefficient (Wildman–Crippen LogP) is 2.94. The highest BCUT2D eigenvalue weighted by atomic mass is 16.5. The molecule has 0 heterocycles. The molecule has 3 amide bonds. The van der Waals surface area contributed by atoms with Gasteiger partial charge in [-0.2, -0.15) is 0 Å². The molecule has 0 radical (unpaired) electrons. The summed E-state index contributed by atoms with van der Waals surface area (Å²) in [4.78, 5) is 35.7. The molecular weight excluding hydrogens is 332 g/mol. The second-order valence-corrected chi connectivity index (χ2v) is 7.18. The van der Waals surface area contributed by atoms with E-state index in [9.17, 15) is 14.4 Å². The summed E-state index contributed by atoms with van der Waals surface area (Å²) < 4.78 is 5.13. The first-order chi connectivity index (χ1) is 12.1. The molecule has 0 saturated carbocycles. The maximum atomic E-state index is 12.1. The monoisotopic (exact) mass is 356 g/mol. The zero-order valence-electron chi connectivity index (χ0n) is 15.5. The Morgan fingerprint density at radius 2 is 1.69 bits per heavy atom. The minimum Gasteiger partial charge on any atom is -0.452 e. The lowest BCUT2D eigenvalue weighted by atomic mass is 10.1. The van der Waals surface area contributed by atoms with Crippen LogP contribution in [0.25, 0.3) is 10.8 Å². The summed E-state index contributed by atoms with van der Waals surface area (Å²) >= 11 is 0. The standard InChI is InChI=1S/C20H24N2O4/c1-13(18(24)21-19(25)22-20(2,3)4)26-17(23)12-14-9-10-15-7-5-6-8-16(15)11-14/h5-11,13H,12H2,1-4H3,(H2,21,22,24,25)/t13-/m1/s1. The van der Waals surface area contributed by atoms with Crippen LogP contribution in [-0.2, 0) is 20.7 Å². The molecule has 0 fully saturated rings. The molecule has 2 rings (SSSR count). The van der Waals surface area contributed by atoms with Gasteiger partial charge in [0.05, 0.1) is 6.42 Å². The Morgan fingerprint density at radius 3 is 2.35 bits per heavy atom. The lowest BCUT2D eigenvalue weighted by molar-refractivity contribution is -0.153. The van der Waals surface area contributed by atoms with Gasteiger partial charge in [0.25, 0.3) is 5.91 Å². The van der Waals surface area contributed by atoms with E-state index in [1.807, 2.05) is 42.5 Å². The molecule has 0 bridgehead atoms. The van der Waals surface area contributed by atoms with Crippen LogP contribution in [0.3, 0.4) is 0 Å². The maximum Gasteiger partial charge on any atom is 0.321 e. The summed E-state index contributed by atoms with van der Waals surface area (Å²) in [5.41, 5.74) is 0.326. The van der Waals surface area contributed by atoms with Crippen molar-refractivity contribution in [2.24, 2.45) is 0 Å². The molecular formula is C20H24N2O4. The van der Waals surface area contributed by atoms with Gasteiger partial charge in [-0.1, -0.05) is 42.5 Å². The van der Waals surface area contributed by atoms with Gasteiger partial charge >= 0.3 is 12.0 Å². The fraction of sp³-hybridized carbons (Fsp3) is 0.350. The van der Waals surface area contributed by atoms with Crippen LogP contribution < -0.4 is 10.6 Å². The number of amides is 3. The van der Waals surface area contributed by atoms with Crippen LogP contribution in [0, 0.1) is 0 Å². The van der Waals surface area contributed by atoms with Crippen LogP contribution in [0.1, 0.15) is 33.3 Å². The number of urea groups is 1. The summed E-state index contributed by atoms with van der Waals surface area (Å²) in [5.74, 6) is -1.20. The third kappa shape index (κ3) is 5.88. The summed E-state index contributed by atoms with van der Waals surface area (Å²) in [6.45, 7) is 6.82. The first-order valence-corrected chi connectivity index (χ1v) is 8.44. The van der Waals surface area contributed by atoms with Gasteiger partial charge in [0.2, 0.25) is 0 Å². The van der Waals surface area contributed by atoms with E-state index in [1.54, 1.807) is 20.8 Å². The van der Waals surface area contributed by atoms with E-state index in [2.05, 4.69) is 10.6 Å². The normalized spacial score (nSPS) is 12.3. The number of rotatable bonds is 4. The smallest absolute Gasteiger partial charge is 0.321 e. The van der Waals surface area contributed by atoms with Crippen molar-refractivity contribution in [1.82, 2.24) is 10.6 Å². The highest BCUT2D eigenvalue weighted by molar-refractivity contribution is 5.97. The molecule has 2 N–H and O–H groups in total. The van der Waals surface area contributed by atoms with Crippen molar-refractivity contribution < 1.29 is 19.1 Å². The number of hydrogen-bond acceptors (Lipinski definition) is 4. The van der Waals surface area contributed by atoms with Crippen molar-refractivity contribution in [2.75, 3.05) is 0 Å². The van der Waals surface area contributed by atoms with Crippen molar-refractivity contribution in [3.63, 3.8) is 0 Å². The van der Waals surface area contributed by atoms with Crippen LogP contribution >= 0.6 is 0 Å². The molecule has 2 aromatic carbocycles. The molecule has 6 heteroatoms. The molecule has 0 unspecified atom stereocenters. The van der Waals surface area contributed by atoms with E-state index in [1.165, 1.54) is 6.92 Å². The number of fused-ring (bicyclic) bond motifs is 1. The van der Waals surface area contributed by atoms with E-state index < -0.39 is 29.6 Å². The molecule has 26 heavy (non-hydrogen) atoms. The Morgan fingerprint density at radius 1 is 1.04 bits per heavy atom. The third-order valence-corrected chi connectivity index (χ3v) is 3.57. The van der Waals surface area contributed by atoms with Crippen molar-refractivity contribution >= 4 is 28.7 Å². The predicted molar refractivity (Wildman–Crippen MR) is 99.6 cm³/mol. The number of nitrogens with one attached hydrogen (secondary N) is 2. The Bertz CT molecular complexity index is 824.